The van der Waals surface area contributed by atoms with E-state index >= 15 is 0 Å². The Kier molecular flexibility index (Phi) is 6.83. The van der Waals surface area contributed by atoms with E-state index in [0.29, 0.717) is 60.5 Å². The van der Waals surface area contributed by atoms with Gasteiger partial charge in [-0.2, -0.15) is 5.10 Å². The first kappa shape index (κ1) is 22.4. The summed E-state index contributed by atoms with van der Waals surface area (Å²) in [5.74, 6) is 0.752. The fourth-order valence-electron chi connectivity index (χ4n) is 3.49. The van der Waals surface area contributed by atoms with Crippen LogP contribution in [0.25, 0.3) is 11.3 Å². The molecule has 4 rings (SSSR count). The van der Waals surface area contributed by atoms with Crippen molar-refractivity contribution in [1.82, 2.24) is 20.4 Å². The second-order valence-electron chi connectivity index (χ2n) is 7.59. The first-order chi connectivity index (χ1) is 15.4. The number of halogens is 2. The summed E-state index contributed by atoms with van der Waals surface area (Å²) in [7, 11) is 0. The molecule has 1 fully saturated rings. The third-order valence-electron chi connectivity index (χ3n) is 5.32. The molecule has 2 aromatic heterocycles. The number of aliphatic hydroxyl groups is 1. The highest BCUT2D eigenvalue weighted by Gasteiger charge is 2.24. The van der Waals surface area contributed by atoms with E-state index in [9.17, 15) is 14.7 Å². The highest BCUT2D eigenvalue weighted by atomic mass is 35.5. The minimum Gasteiger partial charge on any atom is -0.461 e. The Morgan fingerprint density at radius 1 is 1.16 bits per heavy atom. The molecule has 0 bridgehead atoms. The van der Waals surface area contributed by atoms with E-state index < -0.39 is 0 Å². The molecule has 10 heteroatoms. The Morgan fingerprint density at radius 3 is 2.69 bits per heavy atom. The van der Waals surface area contributed by atoms with Gasteiger partial charge in [-0.15, -0.1) is 0 Å². The van der Waals surface area contributed by atoms with Gasteiger partial charge in [0.15, 0.2) is 5.69 Å². The van der Waals surface area contributed by atoms with Gasteiger partial charge in [0, 0.05) is 37.7 Å². The summed E-state index contributed by atoms with van der Waals surface area (Å²) in [4.78, 5) is 26.5. The van der Waals surface area contributed by atoms with Crippen LogP contribution in [0, 0.1) is 0 Å². The molecule has 3 N–H and O–H groups in total. The van der Waals surface area contributed by atoms with Crippen LogP contribution >= 0.6 is 23.2 Å². The van der Waals surface area contributed by atoms with Gasteiger partial charge in [-0.3, -0.25) is 14.7 Å². The summed E-state index contributed by atoms with van der Waals surface area (Å²) in [6, 6.07) is 10.4. The molecule has 168 valence electrons. The number of hydrogen-bond acceptors (Lipinski definition) is 5. The fourth-order valence-corrected chi connectivity index (χ4v) is 3.79. The van der Waals surface area contributed by atoms with Gasteiger partial charge in [-0.1, -0.05) is 23.2 Å². The number of nitrogens with zero attached hydrogens (tertiary/aromatic N) is 2. The molecule has 0 atom stereocenters. The molecule has 1 aromatic carbocycles. The number of H-pyrrole nitrogens is 1. The van der Waals surface area contributed by atoms with Gasteiger partial charge in [0.2, 0.25) is 0 Å². The van der Waals surface area contributed by atoms with Gasteiger partial charge in [0.25, 0.3) is 11.8 Å². The van der Waals surface area contributed by atoms with E-state index in [-0.39, 0.29) is 29.3 Å². The highest BCUT2D eigenvalue weighted by Crippen LogP contribution is 2.29. The van der Waals surface area contributed by atoms with Gasteiger partial charge in [-0.05, 0) is 43.2 Å². The number of aromatic amines is 1. The summed E-state index contributed by atoms with van der Waals surface area (Å²) >= 11 is 12.0. The van der Waals surface area contributed by atoms with E-state index in [4.69, 9.17) is 27.6 Å². The monoisotopic (exact) mass is 476 g/mol. The number of nitrogens with one attached hydrogen (secondary N) is 2. The molecular weight excluding hydrogens is 455 g/mol. The van der Waals surface area contributed by atoms with Crippen molar-refractivity contribution in [2.75, 3.05) is 19.6 Å². The van der Waals surface area contributed by atoms with Crippen molar-refractivity contribution in [3.05, 3.63) is 63.6 Å². The Morgan fingerprint density at radius 2 is 1.94 bits per heavy atom. The van der Waals surface area contributed by atoms with Crippen LogP contribution in [0.3, 0.4) is 0 Å². The summed E-state index contributed by atoms with van der Waals surface area (Å²) in [6.45, 7) is 1.30. The molecule has 0 unspecified atom stereocenters. The first-order valence-electron chi connectivity index (χ1n) is 10.3. The Bertz CT molecular complexity index is 1120. The first-order valence-corrected chi connectivity index (χ1v) is 11.0. The lowest BCUT2D eigenvalue weighted by Crippen LogP contribution is -2.40. The SMILES string of the molecule is O=C(NCCc1ccc(-c2ccc(Cl)c(Cl)c2)o1)c1cc(C(=O)N2CCC(O)CC2)[nH]n1. The number of amides is 2. The molecule has 1 aliphatic rings. The average molecular weight is 477 g/mol. The van der Waals surface area contributed by atoms with Crippen molar-refractivity contribution < 1.29 is 19.1 Å². The number of piperidine rings is 1. The predicted octanol–water partition coefficient (Wildman–Crippen LogP) is 3.55. The van der Waals surface area contributed by atoms with Crippen LogP contribution in [0.1, 0.15) is 39.6 Å². The van der Waals surface area contributed by atoms with Crippen LogP contribution in [0.4, 0.5) is 0 Å². The van der Waals surface area contributed by atoms with Gasteiger partial charge < -0.3 is 19.7 Å². The Balaban J connectivity index is 1.29. The van der Waals surface area contributed by atoms with E-state index in [2.05, 4.69) is 15.5 Å². The van der Waals surface area contributed by atoms with Gasteiger partial charge >= 0.3 is 0 Å². The average Bonchev–Trinajstić information content (AvgIpc) is 3.46. The van der Waals surface area contributed by atoms with Crippen LogP contribution in [0.5, 0.6) is 0 Å². The standard InChI is InChI=1S/C22H22Cl2N4O4/c23-16-3-1-13(11-17(16)24)20-4-2-15(32-20)5-8-25-21(30)18-12-19(27-26-18)22(31)28-9-6-14(29)7-10-28/h1-4,11-12,14,29H,5-10H2,(H,25,30)(H,26,27). The molecule has 3 heterocycles. The van der Waals surface area contributed by atoms with Crippen LogP contribution in [0.15, 0.2) is 40.8 Å². The number of rotatable bonds is 6. The van der Waals surface area contributed by atoms with Crippen LogP contribution in [0.2, 0.25) is 10.0 Å². The van der Waals surface area contributed by atoms with Crippen molar-refractivity contribution in [2.24, 2.45) is 0 Å². The van der Waals surface area contributed by atoms with E-state index in [1.165, 1.54) is 6.07 Å². The van der Waals surface area contributed by atoms with Crippen LogP contribution < -0.4 is 5.32 Å². The number of aromatic nitrogens is 2. The third-order valence-corrected chi connectivity index (χ3v) is 6.05. The molecule has 0 radical (unpaired) electrons. The summed E-state index contributed by atoms with van der Waals surface area (Å²) < 4.78 is 5.82. The van der Waals surface area contributed by atoms with Gasteiger partial charge in [0.1, 0.15) is 17.2 Å². The number of hydrogen-bond donors (Lipinski definition) is 3. The van der Waals surface area contributed by atoms with Crippen LogP contribution in [-0.4, -0.2) is 57.8 Å². The normalized spacial score (nSPS) is 14.5. The van der Waals surface area contributed by atoms with E-state index in [0.717, 1.165) is 5.56 Å². The van der Waals surface area contributed by atoms with Crippen molar-refractivity contribution in [2.45, 2.75) is 25.4 Å². The topological polar surface area (TPSA) is 111 Å². The number of furan rings is 1. The maximum Gasteiger partial charge on any atom is 0.271 e. The van der Waals surface area contributed by atoms with Crippen molar-refractivity contribution in [1.29, 1.82) is 0 Å². The molecule has 3 aromatic rings. The zero-order chi connectivity index (χ0) is 22.7. The second kappa shape index (κ2) is 9.77. The number of benzene rings is 1. The molecule has 2 amide bonds. The fraction of sp³-hybridized carbons (Fsp3) is 0.318. The lowest BCUT2D eigenvalue weighted by atomic mass is 10.1. The maximum atomic E-state index is 12.5. The third kappa shape index (κ3) is 5.15. The van der Waals surface area contributed by atoms with Crippen LogP contribution in [-0.2, 0) is 6.42 Å². The number of likely N-dealkylation sites (tertiary alicyclic amines) is 1. The smallest absolute Gasteiger partial charge is 0.271 e. The Hall–Kier alpha value is -2.81. The molecular formula is C22H22Cl2N4O4. The summed E-state index contributed by atoms with van der Waals surface area (Å²) in [6.07, 6.45) is 1.22. The minimum absolute atomic E-state index is 0.140. The summed E-state index contributed by atoms with van der Waals surface area (Å²) in [5.41, 5.74) is 1.21. The number of aliphatic hydroxyl groups excluding tert-OH is 1. The summed E-state index contributed by atoms with van der Waals surface area (Å²) in [5, 5.41) is 19.9. The molecule has 8 nitrogen and oxygen atoms in total. The lowest BCUT2D eigenvalue weighted by Gasteiger charge is -2.29. The molecule has 32 heavy (non-hydrogen) atoms. The zero-order valence-electron chi connectivity index (χ0n) is 17.1. The maximum absolute atomic E-state index is 12.5. The predicted molar refractivity (Wildman–Crippen MR) is 120 cm³/mol. The number of carbonyl (C=O) groups is 2. The highest BCUT2D eigenvalue weighted by molar-refractivity contribution is 6.42. The van der Waals surface area contributed by atoms with Crippen molar-refractivity contribution >= 4 is 35.0 Å². The van der Waals surface area contributed by atoms with Gasteiger partial charge in [-0.25, -0.2) is 0 Å². The number of carbonyl (C=O) groups excluding carboxylic acids is 2. The molecule has 0 aliphatic carbocycles. The van der Waals surface area contributed by atoms with E-state index in [1.54, 1.807) is 17.0 Å². The van der Waals surface area contributed by atoms with Crippen molar-refractivity contribution in [3.63, 3.8) is 0 Å². The second-order valence-corrected chi connectivity index (χ2v) is 8.41. The Labute approximate surface area is 194 Å². The molecule has 0 saturated carbocycles. The molecule has 1 saturated heterocycles. The quantitative estimate of drug-likeness (QED) is 0.503. The zero-order valence-corrected chi connectivity index (χ0v) is 18.6. The minimum atomic E-state index is -0.384. The largest absolute Gasteiger partial charge is 0.461 e. The van der Waals surface area contributed by atoms with Gasteiger partial charge in [0.05, 0.1) is 16.1 Å². The van der Waals surface area contributed by atoms with E-state index in [1.807, 2.05) is 18.2 Å². The molecule has 0 spiro atoms. The molecule has 1 aliphatic heterocycles. The van der Waals surface area contributed by atoms with Crippen molar-refractivity contribution in [3.8, 4) is 11.3 Å². The lowest BCUT2D eigenvalue weighted by molar-refractivity contribution is 0.0541.